The zero-order valence-corrected chi connectivity index (χ0v) is 13.8. The van der Waals surface area contributed by atoms with Crippen LogP contribution in [0.15, 0.2) is 42.5 Å². The Labute approximate surface area is 142 Å². The molecule has 0 bridgehead atoms. The van der Waals surface area contributed by atoms with Crippen molar-refractivity contribution in [3.8, 4) is 0 Å². The largest absolute Gasteiger partial charge is 0.442 e. The molecule has 1 atom stereocenters. The highest BCUT2D eigenvalue weighted by Crippen LogP contribution is 2.21. The Kier molecular flexibility index (Phi) is 4.83. The molecule has 1 aliphatic heterocycles. The summed E-state index contributed by atoms with van der Waals surface area (Å²) in [5.74, 6) is -0.209. The lowest BCUT2D eigenvalue weighted by Gasteiger charge is -2.12. The van der Waals surface area contributed by atoms with E-state index in [1.54, 1.807) is 17.0 Å². The highest BCUT2D eigenvalue weighted by atomic mass is 35.5. The molecule has 0 radical (unpaired) electrons. The second-order valence-electron chi connectivity index (χ2n) is 5.19. The number of rotatable bonds is 5. The zero-order valence-electron chi connectivity index (χ0n) is 12.2. The maximum absolute atomic E-state index is 12.0. The first-order valence-electron chi connectivity index (χ1n) is 7.15. The Morgan fingerprint density at radius 2 is 2.09 bits per heavy atom. The molecule has 1 saturated heterocycles. The topological polar surface area (TPSA) is 58.6 Å². The number of benzene rings is 1. The molecule has 2 aromatic rings. The molecule has 0 aliphatic carbocycles. The monoisotopic (exact) mass is 350 g/mol. The predicted molar refractivity (Wildman–Crippen MR) is 88.8 cm³/mol. The average molecular weight is 351 g/mol. The van der Waals surface area contributed by atoms with Crippen LogP contribution in [0.1, 0.15) is 15.2 Å². The molecule has 1 aliphatic rings. The average Bonchev–Trinajstić information content (AvgIpc) is 3.13. The number of ether oxygens (including phenoxy) is 1. The molecule has 0 spiro atoms. The van der Waals surface area contributed by atoms with Gasteiger partial charge in [0.1, 0.15) is 6.10 Å². The molecule has 1 N–H and O–H groups in total. The number of cyclic esters (lactones) is 1. The molecule has 0 saturated carbocycles. The molecule has 120 valence electrons. The van der Waals surface area contributed by atoms with Crippen molar-refractivity contribution in [3.05, 3.63) is 57.2 Å². The third kappa shape index (κ3) is 4.03. The molecule has 1 aromatic heterocycles. The highest BCUT2D eigenvalue weighted by Gasteiger charge is 2.31. The first-order chi connectivity index (χ1) is 11.1. The van der Waals surface area contributed by atoms with Crippen LogP contribution in [0.5, 0.6) is 0 Å². The first-order valence-corrected chi connectivity index (χ1v) is 8.34. The minimum absolute atomic E-state index is 0.209. The van der Waals surface area contributed by atoms with E-state index in [0.717, 1.165) is 5.56 Å². The van der Waals surface area contributed by atoms with Crippen LogP contribution >= 0.6 is 22.9 Å². The van der Waals surface area contributed by atoms with Crippen molar-refractivity contribution in [2.45, 2.75) is 12.6 Å². The third-order valence-corrected chi connectivity index (χ3v) is 4.68. The van der Waals surface area contributed by atoms with Crippen LogP contribution in [0.3, 0.4) is 0 Å². The van der Waals surface area contributed by atoms with E-state index < -0.39 is 0 Å². The van der Waals surface area contributed by atoms with Crippen LogP contribution in [-0.4, -0.2) is 36.1 Å². The SMILES string of the molecule is O=C(NC[C@H]1CN(Cc2ccccc2)C(=O)O1)c1ccc(Cl)s1. The number of amides is 2. The van der Waals surface area contributed by atoms with E-state index in [1.165, 1.54) is 11.3 Å². The summed E-state index contributed by atoms with van der Waals surface area (Å²) in [6.07, 6.45) is -0.696. The van der Waals surface area contributed by atoms with Crippen molar-refractivity contribution in [1.29, 1.82) is 0 Å². The van der Waals surface area contributed by atoms with E-state index in [0.29, 0.717) is 22.3 Å². The lowest BCUT2D eigenvalue weighted by molar-refractivity contribution is 0.0918. The second kappa shape index (κ2) is 7.02. The van der Waals surface area contributed by atoms with Crippen LogP contribution in [0.4, 0.5) is 4.79 Å². The van der Waals surface area contributed by atoms with Gasteiger partial charge in [-0.25, -0.2) is 4.79 Å². The van der Waals surface area contributed by atoms with Crippen LogP contribution in [0, 0.1) is 0 Å². The van der Waals surface area contributed by atoms with Crippen molar-refractivity contribution in [2.24, 2.45) is 0 Å². The number of thiophene rings is 1. The molecule has 5 nitrogen and oxygen atoms in total. The fourth-order valence-electron chi connectivity index (χ4n) is 2.34. The lowest BCUT2D eigenvalue weighted by atomic mass is 10.2. The molecule has 2 amide bonds. The number of hydrogen-bond donors (Lipinski definition) is 1. The summed E-state index contributed by atoms with van der Waals surface area (Å²) in [4.78, 5) is 26.0. The van der Waals surface area contributed by atoms with Crippen molar-refractivity contribution >= 4 is 34.9 Å². The molecule has 1 fully saturated rings. The Morgan fingerprint density at radius 3 is 2.78 bits per heavy atom. The normalized spacial score (nSPS) is 17.2. The van der Waals surface area contributed by atoms with Gasteiger partial charge in [0.05, 0.1) is 22.3 Å². The minimum atomic E-state index is -0.354. The Balaban J connectivity index is 1.50. The van der Waals surface area contributed by atoms with Gasteiger partial charge in [-0.05, 0) is 17.7 Å². The minimum Gasteiger partial charge on any atom is -0.442 e. The summed E-state index contributed by atoms with van der Waals surface area (Å²) in [6, 6.07) is 13.1. The van der Waals surface area contributed by atoms with Crippen molar-refractivity contribution in [2.75, 3.05) is 13.1 Å². The highest BCUT2D eigenvalue weighted by molar-refractivity contribution is 7.17. The van der Waals surface area contributed by atoms with E-state index in [2.05, 4.69) is 5.32 Å². The summed E-state index contributed by atoms with van der Waals surface area (Å²) in [6.45, 7) is 1.25. The van der Waals surface area contributed by atoms with E-state index in [4.69, 9.17) is 16.3 Å². The zero-order chi connectivity index (χ0) is 16.2. The molecule has 23 heavy (non-hydrogen) atoms. The van der Waals surface area contributed by atoms with Crippen LogP contribution in [0.25, 0.3) is 0 Å². The Morgan fingerprint density at radius 1 is 1.30 bits per heavy atom. The van der Waals surface area contributed by atoms with Crippen molar-refractivity contribution < 1.29 is 14.3 Å². The first kappa shape index (κ1) is 15.8. The number of carbonyl (C=O) groups excluding carboxylic acids is 2. The summed E-state index contributed by atoms with van der Waals surface area (Å²) < 4.78 is 5.85. The van der Waals surface area contributed by atoms with Gasteiger partial charge in [0.15, 0.2) is 0 Å². The van der Waals surface area contributed by atoms with E-state index in [-0.39, 0.29) is 24.6 Å². The van der Waals surface area contributed by atoms with E-state index in [1.807, 2.05) is 30.3 Å². The van der Waals surface area contributed by atoms with Gasteiger partial charge in [-0.1, -0.05) is 41.9 Å². The molecule has 2 heterocycles. The van der Waals surface area contributed by atoms with Gasteiger partial charge in [-0.2, -0.15) is 0 Å². The van der Waals surface area contributed by atoms with Gasteiger partial charge in [-0.15, -0.1) is 11.3 Å². The molecule has 7 heteroatoms. The summed E-state index contributed by atoms with van der Waals surface area (Å²) in [7, 11) is 0. The van der Waals surface area contributed by atoms with Crippen LogP contribution in [-0.2, 0) is 11.3 Å². The van der Waals surface area contributed by atoms with Gasteiger partial charge in [0.25, 0.3) is 5.91 Å². The number of halogens is 1. The van der Waals surface area contributed by atoms with E-state index in [9.17, 15) is 9.59 Å². The molecular weight excluding hydrogens is 336 g/mol. The fourth-order valence-corrected chi connectivity index (χ4v) is 3.30. The van der Waals surface area contributed by atoms with Gasteiger partial charge in [-0.3, -0.25) is 4.79 Å². The second-order valence-corrected chi connectivity index (χ2v) is 6.90. The number of carbonyl (C=O) groups is 2. The smallest absolute Gasteiger partial charge is 0.410 e. The lowest BCUT2D eigenvalue weighted by Crippen LogP contribution is -2.34. The molecule has 1 aromatic carbocycles. The fraction of sp³-hybridized carbons (Fsp3) is 0.250. The van der Waals surface area contributed by atoms with Gasteiger partial charge in [0, 0.05) is 6.54 Å². The number of nitrogens with zero attached hydrogens (tertiary/aromatic N) is 1. The quantitative estimate of drug-likeness (QED) is 0.901. The Hall–Kier alpha value is -2.05. The number of hydrogen-bond acceptors (Lipinski definition) is 4. The van der Waals surface area contributed by atoms with Crippen LogP contribution in [0.2, 0.25) is 4.34 Å². The van der Waals surface area contributed by atoms with E-state index >= 15 is 0 Å². The standard InChI is InChI=1S/C16H15ClN2O3S/c17-14-7-6-13(23-14)15(20)18-8-12-10-19(16(21)22-12)9-11-4-2-1-3-5-11/h1-7,12H,8-10H2,(H,18,20)/t12-/m0/s1. The third-order valence-electron chi connectivity index (χ3n) is 3.45. The summed E-state index contributed by atoms with van der Waals surface area (Å²) in [5.41, 5.74) is 1.04. The predicted octanol–water partition coefficient (Wildman–Crippen LogP) is 3.15. The van der Waals surface area contributed by atoms with Gasteiger partial charge >= 0.3 is 6.09 Å². The Bertz CT molecular complexity index is 704. The van der Waals surface area contributed by atoms with Crippen molar-refractivity contribution in [3.63, 3.8) is 0 Å². The maximum Gasteiger partial charge on any atom is 0.410 e. The molecule has 3 rings (SSSR count). The maximum atomic E-state index is 12.0. The summed E-state index contributed by atoms with van der Waals surface area (Å²) in [5, 5.41) is 2.77. The number of nitrogens with one attached hydrogen (secondary N) is 1. The molecular formula is C16H15ClN2O3S. The van der Waals surface area contributed by atoms with Crippen LogP contribution < -0.4 is 5.32 Å². The van der Waals surface area contributed by atoms with Gasteiger partial charge < -0.3 is 15.0 Å². The van der Waals surface area contributed by atoms with Gasteiger partial charge in [0.2, 0.25) is 0 Å². The molecule has 0 unspecified atom stereocenters. The van der Waals surface area contributed by atoms with Crippen molar-refractivity contribution in [1.82, 2.24) is 10.2 Å². The summed E-state index contributed by atoms with van der Waals surface area (Å²) >= 11 is 7.03.